The van der Waals surface area contributed by atoms with Gasteiger partial charge in [0.1, 0.15) is 12.1 Å². The van der Waals surface area contributed by atoms with Crippen molar-refractivity contribution in [3.8, 4) is 6.07 Å². The van der Waals surface area contributed by atoms with Crippen LogP contribution in [-0.4, -0.2) is 109 Å². The molecule has 13 nitrogen and oxygen atoms in total. The fraction of sp³-hybridized carbons (Fsp3) is 0.375. The molecule has 0 aliphatic carbocycles. The average molecular weight is 748 g/mol. The largest absolute Gasteiger partial charge is 0.371 e. The fourth-order valence-corrected chi connectivity index (χ4v) is 8.70. The van der Waals surface area contributed by atoms with Crippen LogP contribution in [0.25, 0.3) is 0 Å². The minimum absolute atomic E-state index is 0.0408. The molecule has 0 radical (unpaired) electrons. The van der Waals surface area contributed by atoms with E-state index in [1.165, 1.54) is 0 Å². The van der Waals surface area contributed by atoms with Crippen LogP contribution in [-0.2, 0) is 9.59 Å². The lowest BCUT2D eigenvalue weighted by molar-refractivity contribution is -0.136. The Morgan fingerprint density at radius 2 is 1.31 bits per heavy atom. The number of nitriles is 1. The molecular formula is C40H38ClN7O6. The minimum atomic E-state index is -1.02. The second kappa shape index (κ2) is 13.9. The number of amides is 6. The Balaban J connectivity index is 0.835. The first kappa shape index (κ1) is 35.3. The van der Waals surface area contributed by atoms with Gasteiger partial charge < -0.3 is 19.6 Å². The van der Waals surface area contributed by atoms with E-state index < -0.39 is 29.7 Å². The van der Waals surface area contributed by atoms with E-state index in [0.29, 0.717) is 61.0 Å². The summed E-state index contributed by atoms with van der Waals surface area (Å²) in [5.74, 6) is -2.35. The van der Waals surface area contributed by atoms with E-state index in [1.807, 2.05) is 21.9 Å². The molecule has 3 aromatic rings. The van der Waals surface area contributed by atoms with Gasteiger partial charge in [-0.2, -0.15) is 5.26 Å². The molecule has 1 atom stereocenters. The first-order valence-electron chi connectivity index (χ1n) is 18.3. The molecule has 276 valence electrons. The third kappa shape index (κ3) is 6.34. The predicted molar refractivity (Wildman–Crippen MR) is 198 cm³/mol. The van der Waals surface area contributed by atoms with Crippen LogP contribution in [0.1, 0.15) is 79.1 Å². The van der Waals surface area contributed by atoms with Gasteiger partial charge in [0.2, 0.25) is 11.8 Å². The molecule has 3 aromatic carbocycles. The highest BCUT2D eigenvalue weighted by Gasteiger charge is 2.45. The summed E-state index contributed by atoms with van der Waals surface area (Å²) in [6, 6.07) is 18.5. The highest BCUT2D eigenvalue weighted by atomic mass is 35.5. The monoisotopic (exact) mass is 747 g/mol. The van der Waals surface area contributed by atoms with Crippen molar-refractivity contribution in [2.45, 2.75) is 38.1 Å². The first-order valence-corrected chi connectivity index (χ1v) is 18.7. The Bertz CT molecular complexity index is 2130. The standard InChI is InChI=1S/C40H38ClN7O6/c41-32-22-29(6-5-27(32)23-42)47-16-13-40(24-47)11-14-45(15-12-40)36(51)25-1-3-26(4-2-25)37(52)46-19-17-44(18-20-46)28-7-8-30-31(21-28)39(54)48(38(30)53)33-9-10-34(49)43-35(33)50/h1-8,21-22,33H,9-20,24H2,(H,43,49,50). The number of benzene rings is 3. The van der Waals surface area contributed by atoms with Gasteiger partial charge >= 0.3 is 0 Å². The Hall–Kier alpha value is -5.74. The topological polar surface area (TPSA) is 154 Å². The molecule has 1 unspecified atom stereocenters. The van der Waals surface area contributed by atoms with E-state index in [0.717, 1.165) is 48.6 Å². The number of nitrogens with one attached hydrogen (secondary N) is 1. The zero-order chi connectivity index (χ0) is 37.7. The number of hydrogen-bond acceptors (Lipinski definition) is 9. The van der Waals surface area contributed by atoms with Crippen molar-refractivity contribution in [2.24, 2.45) is 5.41 Å². The maximum atomic E-state index is 13.5. The average Bonchev–Trinajstić information content (AvgIpc) is 3.71. The number of rotatable bonds is 5. The molecule has 0 aromatic heterocycles. The summed E-state index contributed by atoms with van der Waals surface area (Å²) in [7, 11) is 0. The van der Waals surface area contributed by atoms with Crippen LogP contribution in [0.5, 0.6) is 0 Å². The van der Waals surface area contributed by atoms with Crippen molar-refractivity contribution in [3.05, 3.63) is 93.5 Å². The Morgan fingerprint density at radius 3 is 1.94 bits per heavy atom. The maximum absolute atomic E-state index is 13.5. The van der Waals surface area contributed by atoms with E-state index in [1.54, 1.807) is 53.4 Å². The summed E-state index contributed by atoms with van der Waals surface area (Å²) in [4.78, 5) is 86.3. The number of hydrogen-bond donors (Lipinski definition) is 1. The van der Waals surface area contributed by atoms with Crippen molar-refractivity contribution in [3.63, 3.8) is 0 Å². The number of likely N-dealkylation sites (tertiary alicyclic amines) is 1. The minimum Gasteiger partial charge on any atom is -0.371 e. The smallest absolute Gasteiger partial charge is 0.262 e. The molecule has 1 spiro atoms. The van der Waals surface area contributed by atoms with E-state index in [-0.39, 0.29) is 41.2 Å². The number of imide groups is 2. The van der Waals surface area contributed by atoms with E-state index >= 15 is 0 Å². The Morgan fingerprint density at radius 1 is 0.722 bits per heavy atom. The molecular weight excluding hydrogens is 710 g/mol. The number of nitrogens with zero attached hydrogens (tertiary/aromatic N) is 6. The van der Waals surface area contributed by atoms with Crippen LogP contribution < -0.4 is 15.1 Å². The molecule has 0 saturated carbocycles. The number of halogens is 1. The van der Waals surface area contributed by atoms with E-state index in [2.05, 4.69) is 16.3 Å². The molecule has 5 heterocycles. The molecule has 4 saturated heterocycles. The summed E-state index contributed by atoms with van der Waals surface area (Å²) < 4.78 is 0. The highest BCUT2D eigenvalue weighted by Crippen LogP contribution is 2.42. The molecule has 8 rings (SSSR count). The maximum Gasteiger partial charge on any atom is 0.262 e. The van der Waals surface area contributed by atoms with Crippen LogP contribution in [0.3, 0.4) is 0 Å². The van der Waals surface area contributed by atoms with Gasteiger partial charge in [0, 0.05) is 81.3 Å². The Kier molecular flexibility index (Phi) is 9.09. The van der Waals surface area contributed by atoms with Crippen LogP contribution >= 0.6 is 11.6 Å². The van der Waals surface area contributed by atoms with Gasteiger partial charge in [-0.05, 0) is 91.8 Å². The van der Waals surface area contributed by atoms with Gasteiger partial charge in [-0.3, -0.25) is 39.0 Å². The SMILES string of the molecule is N#Cc1ccc(N2CCC3(CCN(C(=O)c4ccc(C(=O)N5CCN(c6ccc7c(c6)C(=O)N(C6CCC(=O)NC6=O)C7=O)CC5)cc4)CC3)C2)cc1Cl. The lowest BCUT2D eigenvalue weighted by Gasteiger charge is -2.39. The number of piperazine rings is 1. The lowest BCUT2D eigenvalue weighted by atomic mass is 9.77. The number of piperidine rings is 2. The van der Waals surface area contributed by atoms with Gasteiger partial charge in [0.15, 0.2) is 0 Å². The van der Waals surface area contributed by atoms with Crippen molar-refractivity contribution >= 4 is 58.4 Å². The molecule has 54 heavy (non-hydrogen) atoms. The number of anilines is 2. The lowest BCUT2D eigenvalue weighted by Crippen LogP contribution is -2.54. The number of carbonyl (C=O) groups excluding carboxylic acids is 6. The predicted octanol–water partition coefficient (Wildman–Crippen LogP) is 3.71. The van der Waals surface area contributed by atoms with Gasteiger partial charge in [0.05, 0.1) is 21.7 Å². The van der Waals surface area contributed by atoms with Crippen molar-refractivity contribution in [2.75, 3.05) is 62.2 Å². The van der Waals surface area contributed by atoms with Crippen molar-refractivity contribution < 1.29 is 28.8 Å². The third-order valence-electron chi connectivity index (χ3n) is 11.7. The van der Waals surface area contributed by atoms with Crippen molar-refractivity contribution in [1.82, 2.24) is 20.0 Å². The fourth-order valence-electron chi connectivity index (χ4n) is 8.48. The molecule has 5 aliphatic heterocycles. The van der Waals surface area contributed by atoms with Gasteiger partial charge in [-0.15, -0.1) is 0 Å². The number of carbonyl (C=O) groups is 6. The summed E-state index contributed by atoms with van der Waals surface area (Å²) in [6.45, 7) is 5.03. The molecule has 1 N–H and O–H groups in total. The zero-order valence-electron chi connectivity index (χ0n) is 29.6. The summed E-state index contributed by atoms with van der Waals surface area (Å²) in [6.07, 6.45) is 3.00. The third-order valence-corrected chi connectivity index (χ3v) is 12.0. The van der Waals surface area contributed by atoms with Gasteiger partial charge in [-0.25, -0.2) is 0 Å². The normalized spacial score (nSPS) is 21.0. The second-order valence-electron chi connectivity index (χ2n) is 14.8. The summed E-state index contributed by atoms with van der Waals surface area (Å²) >= 11 is 6.29. The zero-order valence-corrected chi connectivity index (χ0v) is 30.3. The van der Waals surface area contributed by atoms with Crippen LogP contribution in [0.15, 0.2) is 60.7 Å². The molecule has 0 bridgehead atoms. The van der Waals surface area contributed by atoms with Crippen LogP contribution in [0, 0.1) is 16.7 Å². The molecule has 4 fully saturated rings. The highest BCUT2D eigenvalue weighted by molar-refractivity contribution is 6.32. The summed E-state index contributed by atoms with van der Waals surface area (Å²) in [5.41, 5.74) is 3.84. The van der Waals surface area contributed by atoms with E-state index in [9.17, 15) is 34.0 Å². The Labute approximate surface area is 317 Å². The first-order chi connectivity index (χ1) is 26.0. The van der Waals surface area contributed by atoms with E-state index in [4.69, 9.17) is 11.6 Å². The quantitative estimate of drug-likeness (QED) is 0.385. The van der Waals surface area contributed by atoms with Crippen LogP contribution in [0.4, 0.5) is 11.4 Å². The molecule has 14 heteroatoms. The van der Waals surface area contributed by atoms with Gasteiger partial charge in [-0.1, -0.05) is 11.6 Å². The van der Waals surface area contributed by atoms with Crippen molar-refractivity contribution in [1.29, 1.82) is 5.26 Å². The van der Waals surface area contributed by atoms with Crippen LogP contribution in [0.2, 0.25) is 5.02 Å². The summed E-state index contributed by atoms with van der Waals surface area (Å²) in [5, 5.41) is 11.9. The molecule has 5 aliphatic rings. The molecule has 6 amide bonds. The van der Waals surface area contributed by atoms with Gasteiger partial charge in [0.25, 0.3) is 23.6 Å². The number of fused-ring (bicyclic) bond motifs is 1. The second-order valence-corrected chi connectivity index (χ2v) is 15.2.